The fraction of sp³-hybridized carbons (Fsp3) is 0.0909. The van der Waals surface area contributed by atoms with Crippen molar-refractivity contribution in [3.63, 3.8) is 0 Å². The van der Waals surface area contributed by atoms with Gasteiger partial charge in [0.1, 0.15) is 16.6 Å². The maximum absolute atomic E-state index is 12.1. The SMILES string of the molecule is COc1cccc(-n2nc(-c3nccc4c3CNC4=O)cc2-c2ccnc(Cl)c2)c1. The van der Waals surface area contributed by atoms with Gasteiger partial charge in [0.05, 0.1) is 24.2 Å². The van der Waals surface area contributed by atoms with E-state index in [1.807, 2.05) is 41.1 Å². The molecule has 0 fully saturated rings. The minimum atomic E-state index is -0.0954. The number of pyridine rings is 2. The molecule has 1 aliphatic rings. The second-order valence-corrected chi connectivity index (χ2v) is 7.15. The number of carbonyl (C=O) groups excluding carboxylic acids is 1. The monoisotopic (exact) mass is 417 g/mol. The van der Waals surface area contributed by atoms with Crippen LogP contribution >= 0.6 is 11.6 Å². The summed E-state index contributed by atoms with van der Waals surface area (Å²) < 4.78 is 7.19. The molecule has 1 aliphatic heterocycles. The molecular formula is C22H16ClN5O2. The molecule has 0 atom stereocenters. The Morgan fingerprint density at radius 1 is 1.10 bits per heavy atom. The van der Waals surface area contributed by atoms with E-state index in [1.165, 1.54) is 0 Å². The fourth-order valence-corrected chi connectivity index (χ4v) is 3.75. The first kappa shape index (κ1) is 18.3. The second kappa shape index (κ2) is 7.27. The number of fused-ring (bicyclic) bond motifs is 1. The van der Waals surface area contributed by atoms with Crippen LogP contribution in [-0.4, -0.2) is 32.8 Å². The lowest BCUT2D eigenvalue weighted by Crippen LogP contribution is -2.12. The summed E-state index contributed by atoms with van der Waals surface area (Å²) >= 11 is 6.14. The van der Waals surface area contributed by atoms with Gasteiger partial charge in [0.25, 0.3) is 5.91 Å². The largest absolute Gasteiger partial charge is 0.497 e. The van der Waals surface area contributed by atoms with Crippen LogP contribution in [0, 0.1) is 0 Å². The Balaban J connectivity index is 1.73. The lowest BCUT2D eigenvalue weighted by atomic mass is 10.1. The number of methoxy groups -OCH3 is 1. The van der Waals surface area contributed by atoms with Crippen molar-refractivity contribution in [1.29, 1.82) is 0 Å². The van der Waals surface area contributed by atoms with Gasteiger partial charge in [-0.1, -0.05) is 17.7 Å². The molecule has 3 aromatic heterocycles. The van der Waals surface area contributed by atoms with Crippen LogP contribution in [-0.2, 0) is 6.54 Å². The average molecular weight is 418 g/mol. The number of amides is 1. The van der Waals surface area contributed by atoms with E-state index in [0.29, 0.717) is 28.6 Å². The standard InChI is InChI=1S/C22H16ClN5O2/c1-30-15-4-2-3-14(10-15)28-19(13-5-7-24-20(23)9-13)11-18(27-28)21-17-12-26-22(29)16(17)6-8-25-21/h2-11H,12H2,1H3,(H,26,29). The smallest absolute Gasteiger partial charge is 0.252 e. The molecule has 0 spiro atoms. The normalized spacial score (nSPS) is 12.5. The molecule has 7 nitrogen and oxygen atoms in total. The molecule has 0 aliphatic carbocycles. The lowest BCUT2D eigenvalue weighted by molar-refractivity contribution is 0.0965. The van der Waals surface area contributed by atoms with Gasteiger partial charge in [0.2, 0.25) is 0 Å². The Hall–Kier alpha value is -3.71. The Kier molecular flexibility index (Phi) is 4.44. The van der Waals surface area contributed by atoms with Crippen LogP contribution in [0.4, 0.5) is 0 Å². The van der Waals surface area contributed by atoms with Gasteiger partial charge in [-0.05, 0) is 36.4 Å². The molecule has 148 valence electrons. The Bertz CT molecular complexity index is 1280. The summed E-state index contributed by atoms with van der Waals surface area (Å²) in [6.45, 7) is 0.430. The van der Waals surface area contributed by atoms with Crippen molar-refractivity contribution in [3.05, 3.63) is 77.2 Å². The predicted molar refractivity (Wildman–Crippen MR) is 113 cm³/mol. The van der Waals surface area contributed by atoms with Gasteiger partial charge in [-0.25, -0.2) is 9.67 Å². The van der Waals surface area contributed by atoms with Crippen molar-refractivity contribution in [2.75, 3.05) is 7.11 Å². The summed E-state index contributed by atoms with van der Waals surface area (Å²) in [6.07, 6.45) is 3.29. The van der Waals surface area contributed by atoms with Crippen molar-refractivity contribution in [2.45, 2.75) is 6.54 Å². The van der Waals surface area contributed by atoms with E-state index in [1.54, 1.807) is 31.6 Å². The van der Waals surface area contributed by atoms with Gasteiger partial charge in [-0.3, -0.25) is 9.78 Å². The summed E-state index contributed by atoms with van der Waals surface area (Å²) in [5, 5.41) is 8.07. The maximum Gasteiger partial charge on any atom is 0.252 e. The predicted octanol–water partition coefficient (Wildman–Crippen LogP) is 3.90. The van der Waals surface area contributed by atoms with Crippen LogP contribution in [0.5, 0.6) is 5.75 Å². The van der Waals surface area contributed by atoms with Gasteiger partial charge in [-0.15, -0.1) is 0 Å². The van der Waals surface area contributed by atoms with Crippen LogP contribution < -0.4 is 10.1 Å². The fourth-order valence-electron chi connectivity index (χ4n) is 3.57. The zero-order chi connectivity index (χ0) is 20.7. The zero-order valence-corrected chi connectivity index (χ0v) is 16.7. The van der Waals surface area contributed by atoms with E-state index in [2.05, 4.69) is 15.3 Å². The molecule has 0 bridgehead atoms. The number of halogens is 1. The highest BCUT2D eigenvalue weighted by molar-refractivity contribution is 6.29. The van der Waals surface area contributed by atoms with E-state index >= 15 is 0 Å². The van der Waals surface area contributed by atoms with Crippen LogP contribution in [0.25, 0.3) is 28.3 Å². The van der Waals surface area contributed by atoms with Crippen molar-refractivity contribution in [1.82, 2.24) is 25.1 Å². The summed E-state index contributed by atoms with van der Waals surface area (Å²) in [4.78, 5) is 20.7. The van der Waals surface area contributed by atoms with E-state index in [-0.39, 0.29) is 5.91 Å². The second-order valence-electron chi connectivity index (χ2n) is 6.76. The molecule has 8 heteroatoms. The molecule has 30 heavy (non-hydrogen) atoms. The van der Waals surface area contributed by atoms with E-state index < -0.39 is 0 Å². The lowest BCUT2D eigenvalue weighted by Gasteiger charge is -2.09. The molecule has 0 unspecified atom stereocenters. The van der Waals surface area contributed by atoms with Gasteiger partial charge in [-0.2, -0.15) is 5.10 Å². The van der Waals surface area contributed by atoms with Gasteiger partial charge >= 0.3 is 0 Å². The Morgan fingerprint density at radius 2 is 1.97 bits per heavy atom. The van der Waals surface area contributed by atoms with Crippen LogP contribution in [0.3, 0.4) is 0 Å². The first-order valence-corrected chi connectivity index (χ1v) is 9.65. The van der Waals surface area contributed by atoms with E-state index in [9.17, 15) is 4.79 Å². The Labute approximate surface area is 177 Å². The molecule has 1 amide bonds. The third-order valence-corrected chi connectivity index (χ3v) is 5.21. The summed E-state index contributed by atoms with van der Waals surface area (Å²) in [6, 6.07) is 14.9. The third kappa shape index (κ3) is 3.09. The molecule has 4 heterocycles. The number of nitrogens with one attached hydrogen (secondary N) is 1. The Morgan fingerprint density at radius 3 is 2.80 bits per heavy atom. The molecule has 0 saturated carbocycles. The van der Waals surface area contributed by atoms with E-state index in [0.717, 1.165) is 28.3 Å². The van der Waals surface area contributed by atoms with Gasteiger partial charge in [0, 0.05) is 41.7 Å². The first-order chi connectivity index (χ1) is 14.6. The number of rotatable bonds is 4. The first-order valence-electron chi connectivity index (χ1n) is 9.27. The van der Waals surface area contributed by atoms with Crippen LogP contribution in [0.2, 0.25) is 5.15 Å². The number of carbonyl (C=O) groups is 1. The number of benzene rings is 1. The summed E-state index contributed by atoms with van der Waals surface area (Å²) in [7, 11) is 1.62. The highest BCUT2D eigenvalue weighted by atomic mass is 35.5. The van der Waals surface area contributed by atoms with Gasteiger partial charge in [0.15, 0.2) is 0 Å². The minimum absolute atomic E-state index is 0.0954. The van der Waals surface area contributed by atoms with Crippen LogP contribution in [0.15, 0.2) is 60.9 Å². The number of aromatic nitrogens is 4. The maximum atomic E-state index is 12.1. The molecule has 1 aromatic carbocycles. The van der Waals surface area contributed by atoms with Crippen molar-refractivity contribution in [3.8, 4) is 34.1 Å². The highest BCUT2D eigenvalue weighted by Gasteiger charge is 2.25. The molecule has 4 aromatic rings. The molecular weight excluding hydrogens is 402 g/mol. The molecule has 0 radical (unpaired) electrons. The number of hydrogen-bond acceptors (Lipinski definition) is 5. The topological polar surface area (TPSA) is 81.9 Å². The molecule has 5 rings (SSSR count). The number of ether oxygens (including phenoxy) is 1. The third-order valence-electron chi connectivity index (χ3n) is 5.00. The van der Waals surface area contributed by atoms with Crippen LogP contribution in [0.1, 0.15) is 15.9 Å². The number of hydrogen-bond donors (Lipinski definition) is 1. The minimum Gasteiger partial charge on any atom is -0.497 e. The molecule has 0 saturated heterocycles. The summed E-state index contributed by atoms with van der Waals surface area (Å²) in [5.74, 6) is 0.624. The quantitative estimate of drug-likeness (QED) is 0.509. The van der Waals surface area contributed by atoms with Crippen molar-refractivity contribution >= 4 is 17.5 Å². The number of nitrogens with zero attached hydrogens (tertiary/aromatic N) is 4. The summed E-state index contributed by atoms with van der Waals surface area (Å²) in [5.41, 5.74) is 5.31. The average Bonchev–Trinajstić information content (AvgIpc) is 3.38. The van der Waals surface area contributed by atoms with E-state index in [4.69, 9.17) is 21.4 Å². The van der Waals surface area contributed by atoms with Gasteiger partial charge < -0.3 is 10.1 Å². The van der Waals surface area contributed by atoms with Crippen molar-refractivity contribution in [2.24, 2.45) is 0 Å². The molecule has 1 N–H and O–H groups in total. The van der Waals surface area contributed by atoms with Crippen molar-refractivity contribution < 1.29 is 9.53 Å². The zero-order valence-electron chi connectivity index (χ0n) is 16.0. The highest BCUT2D eigenvalue weighted by Crippen LogP contribution is 2.32.